The van der Waals surface area contributed by atoms with E-state index < -0.39 is 5.41 Å². The van der Waals surface area contributed by atoms with Gasteiger partial charge in [-0.3, -0.25) is 0 Å². The van der Waals surface area contributed by atoms with Crippen LogP contribution in [0.4, 0.5) is 17.1 Å². The Hall–Kier alpha value is -5.74. The van der Waals surface area contributed by atoms with Gasteiger partial charge >= 0.3 is 0 Å². The second kappa shape index (κ2) is 12.0. The number of ether oxygens (including phenoxy) is 3. The third kappa shape index (κ3) is 4.89. The zero-order valence-corrected chi connectivity index (χ0v) is 29.5. The molecular weight excluding hydrogens is 615 g/mol. The Bertz CT molecular complexity index is 2230. The standard InChI is InChI=1S/C44H35NO3.C2H6/c1-43(2)32-19-11-12-20-37(32)46-40-25-28-23-24-31-34(44(3,4)33(28)26-35(40)43)27-36(42-41(31)47-38-21-13-14-22-39(38)48-42)45(29-15-7-5-8-16-29)30-17-9-6-10-18-30;1-2/h5-27H,1-4H3;1-2H3. The van der Waals surface area contributed by atoms with E-state index >= 15 is 0 Å². The van der Waals surface area contributed by atoms with Gasteiger partial charge in [-0.05, 0) is 77.4 Å². The number of fused-ring (bicyclic) bond motifs is 7. The summed E-state index contributed by atoms with van der Waals surface area (Å²) in [5.74, 6) is 4.61. The van der Waals surface area contributed by atoms with Gasteiger partial charge in [-0.15, -0.1) is 0 Å². The quantitative estimate of drug-likeness (QED) is 0.190. The molecule has 0 atom stereocenters. The van der Waals surface area contributed by atoms with Crippen LogP contribution in [0.25, 0.3) is 12.2 Å². The summed E-state index contributed by atoms with van der Waals surface area (Å²) in [5, 5.41) is 0. The normalized spacial score (nSPS) is 14.9. The van der Waals surface area contributed by atoms with Crippen molar-refractivity contribution < 1.29 is 14.2 Å². The van der Waals surface area contributed by atoms with E-state index in [1.54, 1.807) is 0 Å². The van der Waals surface area contributed by atoms with Crippen LogP contribution in [0.1, 0.15) is 74.9 Å². The predicted molar refractivity (Wildman–Crippen MR) is 205 cm³/mol. The van der Waals surface area contributed by atoms with E-state index in [9.17, 15) is 0 Å². The molecule has 3 aliphatic rings. The van der Waals surface area contributed by atoms with Crippen LogP contribution in [-0.2, 0) is 10.8 Å². The molecule has 4 nitrogen and oxygen atoms in total. The van der Waals surface area contributed by atoms with Gasteiger partial charge in [0.2, 0.25) is 0 Å². The third-order valence-corrected chi connectivity index (χ3v) is 10.2. The van der Waals surface area contributed by atoms with E-state index in [0.717, 1.165) is 45.3 Å². The van der Waals surface area contributed by atoms with E-state index in [0.29, 0.717) is 23.0 Å². The van der Waals surface area contributed by atoms with Gasteiger partial charge < -0.3 is 19.1 Å². The number of hydrogen-bond acceptors (Lipinski definition) is 4. The highest BCUT2D eigenvalue weighted by Crippen LogP contribution is 2.58. The Kier molecular flexibility index (Phi) is 7.56. The highest BCUT2D eigenvalue weighted by Gasteiger charge is 2.40. The van der Waals surface area contributed by atoms with Crippen molar-refractivity contribution in [3.8, 4) is 34.5 Å². The van der Waals surface area contributed by atoms with Crippen LogP contribution in [0.5, 0.6) is 34.5 Å². The Morgan fingerprint density at radius 3 is 1.62 bits per heavy atom. The van der Waals surface area contributed by atoms with Crippen molar-refractivity contribution >= 4 is 29.2 Å². The van der Waals surface area contributed by atoms with Crippen molar-refractivity contribution in [1.82, 2.24) is 0 Å². The Balaban J connectivity index is 0.00000177. The Morgan fingerprint density at radius 2 is 0.980 bits per heavy atom. The summed E-state index contributed by atoms with van der Waals surface area (Å²) in [6, 6.07) is 44.1. The van der Waals surface area contributed by atoms with Crippen LogP contribution in [-0.4, -0.2) is 0 Å². The fourth-order valence-electron chi connectivity index (χ4n) is 7.61. The Morgan fingerprint density at radius 1 is 0.440 bits per heavy atom. The number of hydrogen-bond donors (Lipinski definition) is 0. The summed E-state index contributed by atoms with van der Waals surface area (Å²) >= 11 is 0. The van der Waals surface area contributed by atoms with Crippen LogP contribution in [0.2, 0.25) is 0 Å². The fourth-order valence-corrected chi connectivity index (χ4v) is 7.61. The summed E-state index contributed by atoms with van der Waals surface area (Å²) in [6.45, 7) is 13.2. The van der Waals surface area contributed by atoms with Gasteiger partial charge in [0, 0.05) is 38.9 Å². The molecule has 0 amide bonds. The van der Waals surface area contributed by atoms with Crippen molar-refractivity contribution in [2.75, 3.05) is 4.90 Å². The number of anilines is 3. The molecule has 1 aliphatic carbocycles. The summed E-state index contributed by atoms with van der Waals surface area (Å²) in [6.07, 6.45) is 4.39. The fraction of sp³-hybridized carbons (Fsp3) is 0.174. The average Bonchev–Trinajstić information content (AvgIpc) is 3.25. The van der Waals surface area contributed by atoms with Gasteiger partial charge in [-0.25, -0.2) is 0 Å². The molecule has 6 aromatic carbocycles. The maximum absolute atomic E-state index is 6.83. The maximum Gasteiger partial charge on any atom is 0.194 e. The zero-order chi connectivity index (χ0) is 34.6. The van der Waals surface area contributed by atoms with Crippen molar-refractivity contribution in [1.29, 1.82) is 0 Å². The third-order valence-electron chi connectivity index (χ3n) is 10.2. The van der Waals surface area contributed by atoms with Gasteiger partial charge in [0.25, 0.3) is 0 Å². The smallest absolute Gasteiger partial charge is 0.194 e. The maximum atomic E-state index is 6.83. The summed E-state index contributed by atoms with van der Waals surface area (Å²) in [4.78, 5) is 2.27. The molecular formula is C46H41NO3. The molecule has 9 rings (SSSR count). The van der Waals surface area contributed by atoms with Crippen molar-refractivity contribution in [3.63, 3.8) is 0 Å². The van der Waals surface area contributed by atoms with E-state index in [-0.39, 0.29) is 5.41 Å². The molecule has 2 heterocycles. The minimum absolute atomic E-state index is 0.229. The minimum atomic E-state index is -0.417. The molecule has 50 heavy (non-hydrogen) atoms. The highest BCUT2D eigenvalue weighted by molar-refractivity contribution is 5.90. The molecule has 0 saturated carbocycles. The van der Waals surface area contributed by atoms with Gasteiger partial charge in [0.15, 0.2) is 23.0 Å². The second-order valence-electron chi connectivity index (χ2n) is 13.8. The molecule has 0 N–H and O–H groups in total. The molecule has 248 valence electrons. The van der Waals surface area contributed by atoms with Gasteiger partial charge in [0.1, 0.15) is 11.5 Å². The topological polar surface area (TPSA) is 30.9 Å². The van der Waals surface area contributed by atoms with Crippen LogP contribution in [0, 0.1) is 0 Å². The van der Waals surface area contributed by atoms with Crippen LogP contribution >= 0.6 is 0 Å². The summed E-state index contributed by atoms with van der Waals surface area (Å²) in [7, 11) is 0. The zero-order valence-electron chi connectivity index (χ0n) is 29.5. The van der Waals surface area contributed by atoms with Crippen LogP contribution in [0.15, 0.2) is 127 Å². The molecule has 0 saturated heterocycles. The first-order valence-corrected chi connectivity index (χ1v) is 17.5. The number of nitrogens with zero attached hydrogens (tertiary/aromatic N) is 1. The van der Waals surface area contributed by atoms with E-state index in [2.05, 4.69) is 130 Å². The number of rotatable bonds is 3. The average molecular weight is 656 g/mol. The largest absolute Gasteiger partial charge is 0.457 e. The molecule has 4 heteroatoms. The molecule has 0 spiro atoms. The van der Waals surface area contributed by atoms with Crippen molar-refractivity contribution in [2.45, 2.75) is 52.4 Å². The Labute approximate surface area is 295 Å². The number of benzene rings is 6. The molecule has 0 aromatic heterocycles. The van der Waals surface area contributed by atoms with Crippen molar-refractivity contribution in [2.24, 2.45) is 0 Å². The highest BCUT2D eigenvalue weighted by atomic mass is 16.6. The lowest BCUT2D eigenvalue weighted by atomic mass is 9.70. The lowest BCUT2D eigenvalue weighted by Gasteiger charge is -2.38. The van der Waals surface area contributed by atoms with E-state index in [1.807, 2.05) is 56.3 Å². The second-order valence-corrected chi connectivity index (χ2v) is 13.8. The molecule has 2 aliphatic heterocycles. The van der Waals surface area contributed by atoms with Crippen LogP contribution in [0.3, 0.4) is 0 Å². The van der Waals surface area contributed by atoms with Gasteiger partial charge in [-0.2, -0.15) is 0 Å². The first kappa shape index (κ1) is 31.5. The molecule has 0 bridgehead atoms. The molecule has 6 aromatic rings. The van der Waals surface area contributed by atoms with Crippen LogP contribution < -0.4 is 19.1 Å². The van der Waals surface area contributed by atoms with Gasteiger partial charge in [0.05, 0.1) is 5.69 Å². The first-order chi connectivity index (χ1) is 24.3. The summed E-state index contributed by atoms with van der Waals surface area (Å²) < 4.78 is 20.2. The monoisotopic (exact) mass is 655 g/mol. The lowest BCUT2D eigenvalue weighted by molar-refractivity contribution is 0.358. The minimum Gasteiger partial charge on any atom is -0.457 e. The molecule has 0 fully saturated rings. The number of para-hydroxylation sites is 5. The lowest BCUT2D eigenvalue weighted by Crippen LogP contribution is -2.27. The van der Waals surface area contributed by atoms with Gasteiger partial charge in [-0.1, -0.05) is 120 Å². The summed E-state index contributed by atoms with van der Waals surface area (Å²) in [5.41, 5.74) is 9.23. The molecule has 0 radical (unpaired) electrons. The molecule has 0 unspecified atom stereocenters. The van der Waals surface area contributed by atoms with E-state index in [1.165, 1.54) is 16.7 Å². The SMILES string of the molecule is CC.CC1(C)c2ccccc2Oc2cc3c(cc21)C(C)(C)c1cc(N(c2ccccc2)c2ccccc2)c2c(c1C=C3)Oc1ccccc1O2. The van der Waals surface area contributed by atoms with E-state index in [4.69, 9.17) is 14.2 Å². The first-order valence-electron chi connectivity index (χ1n) is 17.5. The predicted octanol–water partition coefficient (Wildman–Crippen LogP) is 13.3. The van der Waals surface area contributed by atoms with Crippen molar-refractivity contribution in [3.05, 3.63) is 161 Å².